The molecule has 0 spiro atoms. The Morgan fingerprint density at radius 1 is 1.24 bits per heavy atom. The highest BCUT2D eigenvalue weighted by molar-refractivity contribution is 6.02. The zero-order chi connectivity index (χ0) is 23.4. The number of hydrogen-bond donors (Lipinski definition) is 2. The van der Waals surface area contributed by atoms with Gasteiger partial charge in [0.2, 0.25) is 0 Å². The van der Waals surface area contributed by atoms with Crippen LogP contribution < -0.4 is 20.3 Å². The van der Waals surface area contributed by atoms with E-state index in [1.54, 1.807) is 43.5 Å². The third kappa shape index (κ3) is 4.71. The number of rotatable bonds is 6. The van der Waals surface area contributed by atoms with E-state index in [0.29, 0.717) is 30.1 Å². The largest absolute Gasteiger partial charge is 0.497 e. The number of carbonyl (C=O) groups is 2. The third-order valence-electron chi connectivity index (χ3n) is 5.11. The molecule has 2 amide bonds. The van der Waals surface area contributed by atoms with Crippen molar-refractivity contribution >= 4 is 41.0 Å². The highest BCUT2D eigenvalue weighted by atomic mass is 16.6. The van der Waals surface area contributed by atoms with Crippen LogP contribution in [0.4, 0.5) is 33.5 Å². The van der Waals surface area contributed by atoms with E-state index in [0.717, 1.165) is 24.6 Å². The number of methoxy groups -OCH3 is 1. The van der Waals surface area contributed by atoms with Gasteiger partial charge in [0.25, 0.3) is 0 Å². The number of nitrogens with zero attached hydrogens (tertiary/aromatic N) is 4. The molecule has 2 aromatic heterocycles. The normalized spacial score (nSPS) is 12.5. The van der Waals surface area contributed by atoms with E-state index in [9.17, 15) is 19.7 Å². The zero-order valence-electron chi connectivity index (χ0n) is 17.6. The lowest BCUT2D eigenvalue weighted by Gasteiger charge is -2.28. The van der Waals surface area contributed by atoms with Crippen molar-refractivity contribution in [1.29, 1.82) is 0 Å². The van der Waals surface area contributed by atoms with Crippen molar-refractivity contribution in [3.8, 4) is 5.75 Å². The van der Waals surface area contributed by atoms with Crippen LogP contribution in [0.15, 0.2) is 48.7 Å². The number of carbonyl (C=O) groups excluding carboxylic acids is 2. The van der Waals surface area contributed by atoms with E-state index < -0.39 is 11.0 Å². The number of aryl methyl sites for hydroxylation is 1. The molecule has 1 aliphatic rings. The summed E-state index contributed by atoms with van der Waals surface area (Å²) in [6, 6.07) is 11.1. The quantitative estimate of drug-likeness (QED) is 0.328. The zero-order valence-corrected chi connectivity index (χ0v) is 17.6. The summed E-state index contributed by atoms with van der Waals surface area (Å²) in [4.78, 5) is 44.7. The van der Waals surface area contributed by atoms with Gasteiger partial charge in [-0.1, -0.05) is 6.07 Å². The number of aldehydes is 1. The second-order valence-electron chi connectivity index (χ2n) is 7.22. The standard InChI is InChI=1S/C22H20N6O5/c1-33-17-8-6-15(7-9-17)24-18-11-20(23-12-19(18)28(31)32)26-22(30)27-10-2-3-14-4-5-16(13-29)25-21(14)27/h4-9,11-13H,2-3,10H2,1H3,(H2,23,24,26,30). The first kappa shape index (κ1) is 21.7. The molecule has 0 radical (unpaired) electrons. The fourth-order valence-electron chi connectivity index (χ4n) is 3.49. The maximum Gasteiger partial charge on any atom is 0.328 e. The molecule has 11 nitrogen and oxygen atoms in total. The second kappa shape index (κ2) is 9.30. The lowest BCUT2D eigenvalue weighted by Crippen LogP contribution is -2.39. The van der Waals surface area contributed by atoms with Gasteiger partial charge in [0, 0.05) is 18.3 Å². The Morgan fingerprint density at radius 2 is 2.03 bits per heavy atom. The molecule has 0 atom stereocenters. The van der Waals surface area contributed by atoms with Crippen LogP contribution in [0.3, 0.4) is 0 Å². The topological polar surface area (TPSA) is 140 Å². The minimum Gasteiger partial charge on any atom is -0.497 e. The van der Waals surface area contributed by atoms with Crippen molar-refractivity contribution in [2.24, 2.45) is 0 Å². The van der Waals surface area contributed by atoms with Crippen molar-refractivity contribution in [2.75, 3.05) is 29.2 Å². The van der Waals surface area contributed by atoms with Gasteiger partial charge >= 0.3 is 11.7 Å². The Bertz CT molecular complexity index is 1210. The summed E-state index contributed by atoms with van der Waals surface area (Å²) in [6.07, 6.45) is 3.19. The van der Waals surface area contributed by atoms with Gasteiger partial charge in [0.05, 0.1) is 12.0 Å². The van der Waals surface area contributed by atoms with Crippen molar-refractivity contribution in [3.05, 3.63) is 70.0 Å². The van der Waals surface area contributed by atoms with Crippen molar-refractivity contribution < 1.29 is 19.2 Å². The van der Waals surface area contributed by atoms with E-state index in [1.165, 1.54) is 11.0 Å². The van der Waals surface area contributed by atoms with Crippen LogP contribution in [0.1, 0.15) is 22.5 Å². The maximum absolute atomic E-state index is 13.0. The van der Waals surface area contributed by atoms with Crippen LogP contribution in [0.25, 0.3) is 0 Å². The minimum atomic E-state index is -0.559. The first-order chi connectivity index (χ1) is 16.0. The van der Waals surface area contributed by atoms with E-state index >= 15 is 0 Å². The lowest BCUT2D eigenvalue weighted by molar-refractivity contribution is -0.384. The fraction of sp³-hybridized carbons (Fsp3) is 0.182. The van der Waals surface area contributed by atoms with Gasteiger partial charge in [0.15, 0.2) is 6.29 Å². The summed E-state index contributed by atoms with van der Waals surface area (Å²) in [7, 11) is 1.54. The predicted octanol–water partition coefficient (Wildman–Crippen LogP) is 3.93. The molecule has 0 saturated heterocycles. The number of fused-ring (bicyclic) bond motifs is 1. The Hall–Kier alpha value is -4.54. The van der Waals surface area contributed by atoms with Crippen LogP contribution in [-0.2, 0) is 6.42 Å². The molecule has 1 aliphatic heterocycles. The average Bonchev–Trinajstić information content (AvgIpc) is 2.83. The molecule has 0 fully saturated rings. The van der Waals surface area contributed by atoms with E-state index in [2.05, 4.69) is 20.6 Å². The van der Waals surface area contributed by atoms with Gasteiger partial charge in [-0.25, -0.2) is 14.8 Å². The number of aromatic nitrogens is 2. The molecule has 33 heavy (non-hydrogen) atoms. The Balaban J connectivity index is 1.58. The van der Waals surface area contributed by atoms with E-state index in [-0.39, 0.29) is 22.9 Å². The van der Waals surface area contributed by atoms with Crippen molar-refractivity contribution in [2.45, 2.75) is 12.8 Å². The van der Waals surface area contributed by atoms with Crippen LogP contribution >= 0.6 is 0 Å². The summed E-state index contributed by atoms with van der Waals surface area (Å²) >= 11 is 0. The summed E-state index contributed by atoms with van der Waals surface area (Å²) in [5.41, 5.74) is 1.60. The number of ether oxygens (including phenoxy) is 1. The summed E-state index contributed by atoms with van der Waals surface area (Å²) < 4.78 is 5.12. The molecular weight excluding hydrogens is 428 g/mol. The van der Waals surface area contributed by atoms with Crippen molar-refractivity contribution in [3.63, 3.8) is 0 Å². The third-order valence-corrected chi connectivity index (χ3v) is 5.11. The molecule has 3 heterocycles. The number of anilines is 4. The molecule has 4 rings (SSSR count). The Labute approximate surface area is 188 Å². The van der Waals surface area contributed by atoms with E-state index in [4.69, 9.17) is 4.74 Å². The Morgan fingerprint density at radius 3 is 2.73 bits per heavy atom. The van der Waals surface area contributed by atoms with Gasteiger partial charge < -0.3 is 10.1 Å². The number of benzene rings is 1. The number of nitro groups is 1. The highest BCUT2D eigenvalue weighted by Crippen LogP contribution is 2.30. The number of pyridine rings is 2. The predicted molar refractivity (Wildman–Crippen MR) is 121 cm³/mol. The smallest absolute Gasteiger partial charge is 0.328 e. The first-order valence-corrected chi connectivity index (χ1v) is 10.1. The SMILES string of the molecule is COc1ccc(Nc2cc(NC(=O)N3CCCc4ccc(C=O)nc43)ncc2[N+](=O)[O-])cc1. The number of nitrogens with one attached hydrogen (secondary N) is 2. The van der Waals surface area contributed by atoms with Gasteiger partial charge in [-0.2, -0.15) is 0 Å². The van der Waals surface area contributed by atoms with Crippen LogP contribution in [0, 0.1) is 10.1 Å². The number of hydrogen-bond acceptors (Lipinski definition) is 8. The molecule has 1 aromatic carbocycles. The van der Waals surface area contributed by atoms with Crippen LogP contribution in [0.5, 0.6) is 5.75 Å². The molecule has 168 valence electrons. The first-order valence-electron chi connectivity index (χ1n) is 10.1. The molecule has 2 N–H and O–H groups in total. The highest BCUT2D eigenvalue weighted by Gasteiger charge is 2.25. The Kier molecular flexibility index (Phi) is 6.11. The lowest BCUT2D eigenvalue weighted by atomic mass is 10.1. The summed E-state index contributed by atoms with van der Waals surface area (Å²) in [6.45, 7) is 0.415. The summed E-state index contributed by atoms with van der Waals surface area (Å²) in [5.74, 6) is 1.19. The van der Waals surface area contributed by atoms with Gasteiger partial charge in [0.1, 0.15) is 35.0 Å². The van der Waals surface area contributed by atoms with Crippen molar-refractivity contribution in [1.82, 2.24) is 9.97 Å². The molecule has 0 saturated carbocycles. The second-order valence-corrected chi connectivity index (χ2v) is 7.22. The van der Waals surface area contributed by atoms with Gasteiger partial charge in [-0.05, 0) is 48.7 Å². The van der Waals surface area contributed by atoms with Gasteiger partial charge in [-0.3, -0.25) is 25.1 Å². The molecule has 0 aliphatic carbocycles. The van der Waals surface area contributed by atoms with Crippen LogP contribution in [-0.4, -0.2) is 40.9 Å². The van der Waals surface area contributed by atoms with Gasteiger partial charge in [-0.15, -0.1) is 0 Å². The average molecular weight is 448 g/mol. The maximum atomic E-state index is 13.0. The van der Waals surface area contributed by atoms with Crippen LogP contribution in [0.2, 0.25) is 0 Å². The van der Waals surface area contributed by atoms with E-state index in [1.807, 2.05) is 0 Å². The molecule has 11 heteroatoms. The number of amides is 2. The minimum absolute atomic E-state index is 0.125. The molecule has 3 aromatic rings. The number of urea groups is 1. The molecular formula is C22H20N6O5. The molecule has 0 unspecified atom stereocenters. The molecule has 0 bridgehead atoms. The monoisotopic (exact) mass is 448 g/mol. The fourth-order valence-corrected chi connectivity index (χ4v) is 3.49. The summed E-state index contributed by atoms with van der Waals surface area (Å²) in [5, 5.41) is 17.1.